The number of phenolic OH excluding ortho intramolecular Hbond substituents is 1. The monoisotopic (exact) mass is 365 g/mol. The zero-order valence-electron chi connectivity index (χ0n) is 12.8. The average molecular weight is 365 g/mol. The zero-order chi connectivity index (χ0) is 17.4. The zero-order valence-corrected chi connectivity index (χ0v) is 14.4. The third-order valence-electron chi connectivity index (χ3n) is 3.65. The average Bonchev–Trinajstić information content (AvgIpc) is 2.89. The number of carbonyl (C=O) groups is 1. The van der Waals surface area contributed by atoms with E-state index in [1.165, 1.54) is 28.8 Å². The Bertz CT molecular complexity index is 1030. The van der Waals surface area contributed by atoms with Crippen LogP contribution in [0.4, 0.5) is 5.69 Å². The molecule has 4 rings (SSSR count). The fraction of sp³-hybridized carbons (Fsp3) is 0. The molecule has 1 amide bonds. The molecule has 1 fully saturated rings. The van der Waals surface area contributed by atoms with Crippen LogP contribution < -0.4 is 4.90 Å². The van der Waals surface area contributed by atoms with Gasteiger partial charge in [0.05, 0.1) is 33.5 Å². The first-order valence-corrected chi connectivity index (χ1v) is 8.63. The number of hydrogen-bond acceptors (Lipinski definition) is 6. The van der Waals surface area contributed by atoms with Crippen LogP contribution in [0.2, 0.25) is 0 Å². The molecule has 1 aromatic heterocycles. The fourth-order valence-electron chi connectivity index (χ4n) is 2.47. The minimum Gasteiger partial charge on any atom is -0.508 e. The molecule has 0 unspecified atom stereocenters. The highest BCUT2D eigenvalue weighted by Crippen LogP contribution is 2.36. The van der Waals surface area contributed by atoms with Crippen LogP contribution in [-0.4, -0.2) is 25.3 Å². The van der Waals surface area contributed by atoms with Gasteiger partial charge in [-0.2, -0.15) is 0 Å². The molecule has 1 aliphatic rings. The van der Waals surface area contributed by atoms with E-state index >= 15 is 0 Å². The van der Waals surface area contributed by atoms with E-state index in [0.717, 1.165) is 11.0 Å². The summed E-state index contributed by atoms with van der Waals surface area (Å²) < 4.78 is 0.440. The van der Waals surface area contributed by atoms with Gasteiger partial charge in [0.2, 0.25) is 0 Å². The number of hydrogen-bond donors (Lipinski definition) is 1. The van der Waals surface area contributed by atoms with Crippen LogP contribution in [0, 0.1) is 0 Å². The van der Waals surface area contributed by atoms with Crippen LogP contribution in [0.1, 0.15) is 5.69 Å². The van der Waals surface area contributed by atoms with Gasteiger partial charge >= 0.3 is 0 Å². The number of aromatic nitrogens is 2. The van der Waals surface area contributed by atoms with Crippen molar-refractivity contribution in [2.75, 3.05) is 4.90 Å². The number of para-hydroxylation sites is 2. The molecule has 2 heterocycles. The molecule has 25 heavy (non-hydrogen) atoms. The summed E-state index contributed by atoms with van der Waals surface area (Å²) in [5, 5.41) is 9.40. The molecule has 0 spiro atoms. The number of amides is 1. The summed E-state index contributed by atoms with van der Waals surface area (Å²) in [6.07, 6.45) is 3.33. The third-order valence-corrected chi connectivity index (χ3v) is 4.95. The molecular weight excluding hydrogens is 354 g/mol. The van der Waals surface area contributed by atoms with Crippen LogP contribution in [0.3, 0.4) is 0 Å². The molecule has 0 saturated carbocycles. The predicted molar refractivity (Wildman–Crippen MR) is 103 cm³/mol. The normalized spacial score (nSPS) is 16.2. The van der Waals surface area contributed by atoms with Gasteiger partial charge in [-0.25, -0.2) is 4.98 Å². The molecule has 2 aromatic carbocycles. The molecule has 0 radical (unpaired) electrons. The van der Waals surface area contributed by atoms with Crippen molar-refractivity contribution in [3.05, 3.63) is 65.3 Å². The molecule has 1 aliphatic heterocycles. The highest BCUT2D eigenvalue weighted by molar-refractivity contribution is 8.27. The van der Waals surface area contributed by atoms with Crippen molar-refractivity contribution in [3.8, 4) is 5.75 Å². The molecule has 0 bridgehead atoms. The maximum Gasteiger partial charge on any atom is 0.270 e. The lowest BCUT2D eigenvalue weighted by molar-refractivity contribution is -0.113. The van der Waals surface area contributed by atoms with Crippen LogP contribution >= 0.6 is 24.0 Å². The summed E-state index contributed by atoms with van der Waals surface area (Å²) in [7, 11) is 0. The van der Waals surface area contributed by atoms with Gasteiger partial charge in [0, 0.05) is 0 Å². The van der Waals surface area contributed by atoms with E-state index in [1.807, 2.05) is 24.3 Å². The molecular formula is C18H11N3O2S2. The van der Waals surface area contributed by atoms with E-state index in [-0.39, 0.29) is 11.7 Å². The maximum atomic E-state index is 12.7. The number of nitrogens with zero attached hydrogens (tertiary/aromatic N) is 3. The summed E-state index contributed by atoms with van der Waals surface area (Å²) in [5.74, 6) is -0.0770. The lowest BCUT2D eigenvalue weighted by atomic mass is 10.2. The fourth-order valence-corrected chi connectivity index (χ4v) is 3.75. The number of rotatable bonds is 2. The molecule has 0 atom stereocenters. The first-order chi connectivity index (χ1) is 12.1. The number of fused-ring (bicyclic) bond motifs is 1. The van der Waals surface area contributed by atoms with E-state index in [2.05, 4.69) is 9.97 Å². The highest BCUT2D eigenvalue weighted by atomic mass is 32.2. The Labute approximate surface area is 153 Å². The lowest BCUT2D eigenvalue weighted by Crippen LogP contribution is -2.27. The van der Waals surface area contributed by atoms with Gasteiger partial charge in [0.15, 0.2) is 4.32 Å². The van der Waals surface area contributed by atoms with Crippen molar-refractivity contribution >= 4 is 57.0 Å². The number of anilines is 1. The second-order valence-electron chi connectivity index (χ2n) is 5.32. The summed E-state index contributed by atoms with van der Waals surface area (Å²) in [6.45, 7) is 0. The predicted octanol–water partition coefficient (Wildman–Crippen LogP) is 3.74. The smallest absolute Gasteiger partial charge is 0.270 e. The summed E-state index contributed by atoms with van der Waals surface area (Å²) in [4.78, 5) is 23.5. The van der Waals surface area contributed by atoms with Crippen molar-refractivity contribution in [2.24, 2.45) is 0 Å². The number of thiocarbonyl (C=S) groups is 1. The van der Waals surface area contributed by atoms with E-state index in [9.17, 15) is 9.90 Å². The summed E-state index contributed by atoms with van der Waals surface area (Å²) in [5.41, 5.74) is 2.79. The second kappa shape index (κ2) is 6.27. The number of thioether (sulfide) groups is 1. The second-order valence-corrected chi connectivity index (χ2v) is 6.99. The standard InChI is InChI=1S/C18H11N3O2S2/c22-13-7-5-12(6-8-13)21-17(23)16(25-18(21)24)9-11-10-19-14-3-1-2-4-15(14)20-11/h1-10,22H/b16-9+. The van der Waals surface area contributed by atoms with Crippen molar-refractivity contribution in [1.82, 2.24) is 9.97 Å². The summed E-state index contributed by atoms with van der Waals surface area (Å²) >= 11 is 6.55. The molecule has 5 nitrogen and oxygen atoms in total. The van der Waals surface area contributed by atoms with Crippen LogP contribution in [-0.2, 0) is 4.79 Å². The number of phenols is 1. The van der Waals surface area contributed by atoms with Gasteiger partial charge < -0.3 is 5.11 Å². The Morgan fingerprint density at radius 1 is 1.08 bits per heavy atom. The van der Waals surface area contributed by atoms with Gasteiger partial charge in [-0.05, 0) is 42.5 Å². The topological polar surface area (TPSA) is 66.3 Å². The van der Waals surface area contributed by atoms with Gasteiger partial charge in [-0.1, -0.05) is 36.1 Å². The number of benzene rings is 2. The number of carbonyl (C=O) groups excluding carboxylic acids is 1. The molecule has 3 aromatic rings. The van der Waals surface area contributed by atoms with E-state index < -0.39 is 0 Å². The van der Waals surface area contributed by atoms with Gasteiger partial charge in [0.1, 0.15) is 5.75 Å². The molecule has 122 valence electrons. The molecule has 0 aliphatic carbocycles. The Hall–Kier alpha value is -2.77. The molecule has 1 N–H and O–H groups in total. The minimum atomic E-state index is -0.212. The van der Waals surface area contributed by atoms with Gasteiger partial charge in [0.25, 0.3) is 5.91 Å². The minimum absolute atomic E-state index is 0.135. The Kier molecular flexibility index (Phi) is 3.95. The first kappa shape index (κ1) is 15.7. The first-order valence-electron chi connectivity index (χ1n) is 7.40. The number of aromatic hydroxyl groups is 1. The highest BCUT2D eigenvalue weighted by Gasteiger charge is 2.33. The van der Waals surface area contributed by atoms with Crippen LogP contribution in [0.25, 0.3) is 17.1 Å². The molecule has 1 saturated heterocycles. The van der Waals surface area contributed by atoms with E-state index in [4.69, 9.17) is 12.2 Å². The molecule has 7 heteroatoms. The van der Waals surface area contributed by atoms with Gasteiger partial charge in [-0.3, -0.25) is 14.7 Å². The van der Waals surface area contributed by atoms with Crippen molar-refractivity contribution in [3.63, 3.8) is 0 Å². The Morgan fingerprint density at radius 3 is 2.56 bits per heavy atom. The van der Waals surface area contributed by atoms with Crippen molar-refractivity contribution < 1.29 is 9.90 Å². The third kappa shape index (κ3) is 2.99. The van der Waals surface area contributed by atoms with Gasteiger partial charge in [-0.15, -0.1) is 0 Å². The van der Waals surface area contributed by atoms with Crippen LogP contribution in [0.15, 0.2) is 59.6 Å². The Morgan fingerprint density at radius 2 is 1.80 bits per heavy atom. The Balaban J connectivity index is 1.68. The lowest BCUT2D eigenvalue weighted by Gasteiger charge is -2.14. The van der Waals surface area contributed by atoms with E-state index in [1.54, 1.807) is 24.4 Å². The van der Waals surface area contributed by atoms with E-state index in [0.29, 0.717) is 20.6 Å². The maximum absolute atomic E-state index is 12.7. The van der Waals surface area contributed by atoms with Crippen LogP contribution in [0.5, 0.6) is 5.75 Å². The van der Waals surface area contributed by atoms with Crippen molar-refractivity contribution in [1.29, 1.82) is 0 Å². The summed E-state index contributed by atoms with van der Waals surface area (Å²) in [6, 6.07) is 13.9. The largest absolute Gasteiger partial charge is 0.508 e. The SMILES string of the molecule is O=C1/C(=C\c2cnc3ccccc3n2)SC(=S)N1c1ccc(O)cc1. The quantitative estimate of drug-likeness (QED) is 0.551. The van der Waals surface area contributed by atoms with Crippen molar-refractivity contribution in [2.45, 2.75) is 0 Å².